The molecule has 3 aliphatic carbocycles. The Labute approximate surface area is 211 Å². The zero-order valence-electron chi connectivity index (χ0n) is 19.3. The first-order valence-electron chi connectivity index (χ1n) is 12.1. The number of aliphatic hydroxyl groups is 1. The molecule has 0 radical (unpaired) electrons. The van der Waals surface area contributed by atoms with E-state index in [-0.39, 0.29) is 33.5 Å². The SMILES string of the molecule is Br.CCC1(c2cc(NS(=O)(=O)C3CC3)ccc2F)[C@@H]2CN(CC3(O)Cc4ccccc4C3)C[C@@H]21. The highest BCUT2D eigenvalue weighted by atomic mass is 79.9. The molecule has 6 rings (SSSR count). The maximum absolute atomic E-state index is 15.0. The molecule has 2 N–H and O–H groups in total. The monoisotopic (exact) mass is 550 g/mol. The second-order valence-corrected chi connectivity index (χ2v) is 12.6. The van der Waals surface area contributed by atoms with Crippen molar-refractivity contribution in [3.05, 3.63) is 65.0 Å². The number of nitrogens with one attached hydrogen (secondary N) is 1. The first-order chi connectivity index (χ1) is 15.7. The zero-order chi connectivity index (χ0) is 23.0. The van der Waals surface area contributed by atoms with E-state index >= 15 is 4.39 Å². The van der Waals surface area contributed by atoms with Gasteiger partial charge in [0.05, 0.1) is 10.9 Å². The first kappa shape index (κ1) is 24.2. The lowest BCUT2D eigenvalue weighted by Crippen LogP contribution is -2.45. The summed E-state index contributed by atoms with van der Waals surface area (Å²) in [4.78, 5) is 2.34. The summed E-state index contributed by atoms with van der Waals surface area (Å²) in [6, 6.07) is 12.9. The van der Waals surface area contributed by atoms with E-state index < -0.39 is 15.6 Å². The third-order valence-electron chi connectivity index (χ3n) is 8.56. The summed E-state index contributed by atoms with van der Waals surface area (Å²) in [5, 5.41) is 10.9. The van der Waals surface area contributed by atoms with E-state index in [2.05, 4.69) is 28.7 Å². The van der Waals surface area contributed by atoms with Gasteiger partial charge in [0, 0.05) is 43.6 Å². The molecular formula is C26H32BrFN2O3S. The molecule has 0 bridgehead atoms. The second kappa shape index (κ2) is 8.29. The highest BCUT2D eigenvalue weighted by Gasteiger charge is 2.68. The molecule has 0 amide bonds. The molecule has 0 spiro atoms. The topological polar surface area (TPSA) is 69.6 Å². The number of benzene rings is 2. The standard InChI is InChI=1S/C26H31FN2O3S.BrH/c1-2-26(21-11-19(7-10-24(21)27)28-33(31,32)20-8-9-20)22-14-29(15-23(22)26)16-25(30)12-17-5-3-4-6-18(17)13-25;/h3-7,10-11,20,22-23,28,30H,2,8-9,12-16H2,1H3;1H/t22-,23+,26?;. The minimum atomic E-state index is -3.38. The average Bonchev–Trinajstić information content (AvgIpc) is 3.64. The van der Waals surface area contributed by atoms with Gasteiger partial charge in [-0.05, 0) is 66.0 Å². The van der Waals surface area contributed by atoms with Gasteiger partial charge in [-0.3, -0.25) is 9.62 Å². The quantitative estimate of drug-likeness (QED) is 0.545. The number of hydrogen-bond donors (Lipinski definition) is 2. The van der Waals surface area contributed by atoms with Gasteiger partial charge in [-0.2, -0.15) is 0 Å². The number of sulfonamides is 1. The lowest BCUT2D eigenvalue weighted by atomic mass is 9.86. The van der Waals surface area contributed by atoms with Gasteiger partial charge in [-0.1, -0.05) is 31.2 Å². The van der Waals surface area contributed by atoms with Crippen LogP contribution in [0.15, 0.2) is 42.5 Å². The van der Waals surface area contributed by atoms with Crippen molar-refractivity contribution in [3.8, 4) is 0 Å². The van der Waals surface area contributed by atoms with Crippen LogP contribution in [0.1, 0.15) is 42.9 Å². The van der Waals surface area contributed by atoms with Crippen molar-refractivity contribution >= 4 is 32.7 Å². The maximum Gasteiger partial charge on any atom is 0.235 e. The average molecular weight is 552 g/mol. The van der Waals surface area contributed by atoms with Gasteiger partial charge in [0.25, 0.3) is 0 Å². The van der Waals surface area contributed by atoms with Crippen LogP contribution in [-0.2, 0) is 28.3 Å². The van der Waals surface area contributed by atoms with E-state index in [0.29, 0.717) is 55.3 Å². The lowest BCUT2D eigenvalue weighted by Gasteiger charge is -2.32. The van der Waals surface area contributed by atoms with Gasteiger partial charge < -0.3 is 5.11 Å². The Bertz CT molecular complexity index is 1180. The fourth-order valence-corrected chi connectivity index (χ4v) is 8.21. The molecule has 34 heavy (non-hydrogen) atoms. The van der Waals surface area contributed by atoms with Crippen molar-refractivity contribution < 1.29 is 17.9 Å². The smallest absolute Gasteiger partial charge is 0.235 e. The molecule has 3 fully saturated rings. The van der Waals surface area contributed by atoms with E-state index in [1.165, 1.54) is 23.3 Å². The maximum atomic E-state index is 15.0. The Kier molecular flexibility index (Phi) is 5.90. The summed E-state index contributed by atoms with van der Waals surface area (Å²) in [6.45, 7) is 4.42. The molecule has 1 aliphatic heterocycles. The van der Waals surface area contributed by atoms with Gasteiger partial charge in [0.1, 0.15) is 5.82 Å². The third kappa shape index (κ3) is 3.91. The summed E-state index contributed by atoms with van der Waals surface area (Å²) in [7, 11) is -3.38. The van der Waals surface area contributed by atoms with Crippen LogP contribution in [0.3, 0.4) is 0 Å². The lowest BCUT2D eigenvalue weighted by molar-refractivity contribution is 0.0138. The van der Waals surface area contributed by atoms with Crippen molar-refractivity contribution in [1.82, 2.24) is 4.90 Å². The van der Waals surface area contributed by atoms with Crippen LogP contribution in [0, 0.1) is 17.7 Å². The Hall–Kier alpha value is -1.48. The second-order valence-electron chi connectivity index (χ2n) is 10.7. The molecule has 2 aromatic rings. The minimum absolute atomic E-state index is 0. The summed E-state index contributed by atoms with van der Waals surface area (Å²) in [6.07, 6.45) is 3.58. The number of β-amino-alcohol motifs (C(OH)–C–C–N with tert-alkyl or cyclic N) is 1. The van der Waals surface area contributed by atoms with Crippen LogP contribution in [-0.4, -0.2) is 48.9 Å². The van der Waals surface area contributed by atoms with Crippen LogP contribution in [0.25, 0.3) is 0 Å². The Morgan fingerprint density at radius 2 is 1.71 bits per heavy atom. The molecular weight excluding hydrogens is 519 g/mol. The molecule has 8 heteroatoms. The molecule has 2 saturated carbocycles. The minimum Gasteiger partial charge on any atom is -0.388 e. The fraction of sp³-hybridized carbons (Fsp3) is 0.538. The largest absolute Gasteiger partial charge is 0.388 e. The number of nitrogens with zero attached hydrogens (tertiary/aromatic N) is 1. The van der Waals surface area contributed by atoms with Crippen molar-refractivity contribution in [3.63, 3.8) is 0 Å². The number of halogens is 2. The molecule has 3 atom stereocenters. The van der Waals surface area contributed by atoms with Gasteiger partial charge in [0.15, 0.2) is 0 Å². The van der Waals surface area contributed by atoms with Crippen LogP contribution >= 0.6 is 17.0 Å². The van der Waals surface area contributed by atoms with Crippen molar-refractivity contribution in [2.24, 2.45) is 11.8 Å². The van der Waals surface area contributed by atoms with Gasteiger partial charge in [-0.15, -0.1) is 17.0 Å². The number of piperidine rings is 1. The van der Waals surface area contributed by atoms with Crippen LogP contribution in [0.2, 0.25) is 0 Å². The van der Waals surface area contributed by atoms with Crippen LogP contribution in [0.5, 0.6) is 0 Å². The summed E-state index contributed by atoms with van der Waals surface area (Å²) >= 11 is 0. The van der Waals surface area contributed by atoms with E-state index in [4.69, 9.17) is 0 Å². The predicted molar refractivity (Wildman–Crippen MR) is 136 cm³/mol. The fourth-order valence-electron chi connectivity index (χ4n) is 6.83. The van der Waals surface area contributed by atoms with E-state index in [9.17, 15) is 13.5 Å². The molecule has 1 heterocycles. The van der Waals surface area contributed by atoms with E-state index in [1.807, 2.05) is 12.1 Å². The zero-order valence-corrected chi connectivity index (χ0v) is 21.9. The molecule has 2 aromatic carbocycles. The normalized spacial score (nSPS) is 29.3. The van der Waals surface area contributed by atoms with Crippen LogP contribution in [0.4, 0.5) is 10.1 Å². The predicted octanol–water partition coefficient (Wildman–Crippen LogP) is 4.05. The van der Waals surface area contributed by atoms with Crippen molar-refractivity contribution in [1.29, 1.82) is 0 Å². The first-order valence-corrected chi connectivity index (χ1v) is 13.6. The number of fused-ring (bicyclic) bond motifs is 2. The summed E-state index contributed by atoms with van der Waals surface area (Å²) in [5.41, 5.74) is 2.60. The van der Waals surface area contributed by atoms with Gasteiger partial charge >= 0.3 is 0 Å². The molecule has 5 nitrogen and oxygen atoms in total. The Morgan fingerprint density at radius 3 is 2.26 bits per heavy atom. The van der Waals surface area contributed by atoms with E-state index in [0.717, 1.165) is 19.5 Å². The molecule has 4 aliphatic rings. The van der Waals surface area contributed by atoms with E-state index in [1.54, 1.807) is 6.07 Å². The molecule has 0 aromatic heterocycles. The van der Waals surface area contributed by atoms with Gasteiger partial charge in [0.2, 0.25) is 10.0 Å². The number of hydrogen-bond acceptors (Lipinski definition) is 4. The van der Waals surface area contributed by atoms with Crippen molar-refractivity contribution in [2.75, 3.05) is 24.4 Å². The summed E-state index contributed by atoms with van der Waals surface area (Å²) < 4.78 is 42.4. The number of likely N-dealkylation sites (tertiary alicyclic amines) is 1. The van der Waals surface area contributed by atoms with Gasteiger partial charge in [-0.25, -0.2) is 12.8 Å². The Morgan fingerprint density at radius 1 is 1.09 bits per heavy atom. The molecule has 1 unspecified atom stereocenters. The summed E-state index contributed by atoms with van der Waals surface area (Å²) in [5.74, 6) is 0.413. The number of rotatable bonds is 7. The molecule has 1 saturated heterocycles. The highest BCUT2D eigenvalue weighted by Crippen LogP contribution is 2.66. The third-order valence-corrected chi connectivity index (χ3v) is 10.4. The Balaban J connectivity index is 0.00000241. The van der Waals surface area contributed by atoms with Crippen molar-refractivity contribution in [2.45, 2.75) is 55.3 Å². The number of anilines is 1. The molecule has 184 valence electrons. The highest BCUT2D eigenvalue weighted by molar-refractivity contribution is 8.93. The van der Waals surface area contributed by atoms with Crippen LogP contribution < -0.4 is 4.72 Å².